The fraction of sp³-hybridized carbons (Fsp3) is 0.727. The highest BCUT2D eigenvalue weighted by Crippen LogP contribution is 2.19. The predicted molar refractivity (Wildman–Crippen MR) is 61.9 cm³/mol. The lowest BCUT2D eigenvalue weighted by Crippen LogP contribution is -2.37. The first kappa shape index (κ1) is 11.0. The summed E-state index contributed by atoms with van der Waals surface area (Å²) in [5.41, 5.74) is 0. The molecule has 1 saturated heterocycles. The molecule has 3 nitrogen and oxygen atoms in total. The second-order valence-electron chi connectivity index (χ2n) is 4.37. The van der Waals surface area contributed by atoms with Gasteiger partial charge in [0.1, 0.15) is 11.0 Å². The van der Waals surface area contributed by atoms with E-state index >= 15 is 0 Å². The SMILES string of the molecule is CC1CCCCN1Cc1ncc(Cl)n1C. The third kappa shape index (κ3) is 2.34. The molecule has 84 valence electrons. The van der Waals surface area contributed by atoms with Crippen molar-refractivity contribution in [3.63, 3.8) is 0 Å². The molecular formula is C11H18ClN3. The van der Waals surface area contributed by atoms with Crippen LogP contribution in [0.25, 0.3) is 0 Å². The van der Waals surface area contributed by atoms with Crippen LogP contribution in [0.5, 0.6) is 0 Å². The van der Waals surface area contributed by atoms with Crippen LogP contribution in [0.1, 0.15) is 32.0 Å². The Morgan fingerprint density at radius 2 is 2.33 bits per heavy atom. The summed E-state index contributed by atoms with van der Waals surface area (Å²) in [6.07, 6.45) is 5.70. The van der Waals surface area contributed by atoms with E-state index in [9.17, 15) is 0 Å². The van der Waals surface area contributed by atoms with Crippen LogP contribution in [-0.2, 0) is 13.6 Å². The first-order valence-electron chi connectivity index (χ1n) is 5.58. The molecule has 15 heavy (non-hydrogen) atoms. The summed E-state index contributed by atoms with van der Waals surface area (Å²) in [6.45, 7) is 4.40. The van der Waals surface area contributed by atoms with E-state index in [1.807, 2.05) is 11.6 Å². The number of likely N-dealkylation sites (tertiary alicyclic amines) is 1. The zero-order valence-corrected chi connectivity index (χ0v) is 10.2. The number of imidazole rings is 1. The van der Waals surface area contributed by atoms with Crippen molar-refractivity contribution in [2.75, 3.05) is 6.54 Å². The van der Waals surface area contributed by atoms with Gasteiger partial charge < -0.3 is 4.57 Å². The molecule has 0 spiro atoms. The molecule has 0 amide bonds. The van der Waals surface area contributed by atoms with Gasteiger partial charge in [-0.3, -0.25) is 4.90 Å². The molecule has 1 unspecified atom stereocenters. The normalized spacial score (nSPS) is 23.3. The van der Waals surface area contributed by atoms with Gasteiger partial charge in [0.2, 0.25) is 0 Å². The van der Waals surface area contributed by atoms with Crippen molar-refractivity contribution in [3.05, 3.63) is 17.2 Å². The van der Waals surface area contributed by atoms with E-state index in [1.165, 1.54) is 25.8 Å². The largest absolute Gasteiger partial charge is 0.321 e. The van der Waals surface area contributed by atoms with Crippen molar-refractivity contribution in [2.24, 2.45) is 7.05 Å². The standard InChI is InChI=1S/C11H18ClN3/c1-9-5-3-4-6-15(9)8-11-13-7-10(12)14(11)2/h7,9H,3-6,8H2,1-2H3. The average Bonchev–Trinajstić information content (AvgIpc) is 2.53. The van der Waals surface area contributed by atoms with Crippen molar-refractivity contribution in [3.8, 4) is 0 Å². The van der Waals surface area contributed by atoms with Gasteiger partial charge in [0.25, 0.3) is 0 Å². The molecule has 0 bridgehead atoms. The minimum atomic E-state index is 0.675. The van der Waals surface area contributed by atoms with Gasteiger partial charge in [0.05, 0.1) is 12.7 Å². The van der Waals surface area contributed by atoms with Crippen molar-refractivity contribution < 1.29 is 0 Å². The Balaban J connectivity index is 2.04. The van der Waals surface area contributed by atoms with Crippen molar-refractivity contribution in [1.29, 1.82) is 0 Å². The third-order valence-corrected chi connectivity index (χ3v) is 3.66. The molecule has 2 heterocycles. The lowest BCUT2D eigenvalue weighted by molar-refractivity contribution is 0.147. The monoisotopic (exact) mass is 227 g/mol. The molecular weight excluding hydrogens is 210 g/mol. The third-order valence-electron chi connectivity index (χ3n) is 3.31. The molecule has 1 aromatic heterocycles. The van der Waals surface area contributed by atoms with Gasteiger partial charge >= 0.3 is 0 Å². The van der Waals surface area contributed by atoms with Crippen LogP contribution in [0.4, 0.5) is 0 Å². The summed E-state index contributed by atoms with van der Waals surface area (Å²) in [5.74, 6) is 1.06. The fourth-order valence-electron chi connectivity index (χ4n) is 2.15. The zero-order valence-electron chi connectivity index (χ0n) is 9.41. The molecule has 4 heteroatoms. The summed E-state index contributed by atoms with van der Waals surface area (Å²) in [4.78, 5) is 6.82. The molecule has 1 aliphatic rings. The predicted octanol–water partition coefficient (Wildman–Crippen LogP) is 2.45. The van der Waals surface area contributed by atoms with E-state index in [0.717, 1.165) is 17.5 Å². The van der Waals surface area contributed by atoms with Gasteiger partial charge in [-0.1, -0.05) is 18.0 Å². The zero-order chi connectivity index (χ0) is 10.8. The van der Waals surface area contributed by atoms with Crippen molar-refractivity contribution in [2.45, 2.75) is 38.8 Å². The highest BCUT2D eigenvalue weighted by molar-refractivity contribution is 6.29. The lowest BCUT2D eigenvalue weighted by atomic mass is 10.0. The number of halogens is 1. The molecule has 0 aromatic carbocycles. The maximum Gasteiger partial charge on any atom is 0.128 e. The molecule has 1 aliphatic heterocycles. The highest BCUT2D eigenvalue weighted by atomic mass is 35.5. The second-order valence-corrected chi connectivity index (χ2v) is 4.76. The van der Waals surface area contributed by atoms with Crippen LogP contribution in [0, 0.1) is 0 Å². The van der Waals surface area contributed by atoms with E-state index in [0.29, 0.717) is 6.04 Å². The fourth-order valence-corrected chi connectivity index (χ4v) is 2.29. The number of aromatic nitrogens is 2. The Morgan fingerprint density at radius 1 is 1.53 bits per heavy atom. The Hall–Kier alpha value is -0.540. The molecule has 1 atom stereocenters. The van der Waals surface area contributed by atoms with Gasteiger partial charge in [0.15, 0.2) is 0 Å². The van der Waals surface area contributed by atoms with Crippen LogP contribution in [-0.4, -0.2) is 27.0 Å². The smallest absolute Gasteiger partial charge is 0.128 e. The molecule has 1 fully saturated rings. The van der Waals surface area contributed by atoms with Gasteiger partial charge in [-0.25, -0.2) is 4.98 Å². The summed E-state index contributed by atoms with van der Waals surface area (Å²) >= 11 is 5.97. The quantitative estimate of drug-likeness (QED) is 0.774. The molecule has 0 saturated carbocycles. The highest BCUT2D eigenvalue weighted by Gasteiger charge is 2.19. The van der Waals surface area contributed by atoms with E-state index in [4.69, 9.17) is 11.6 Å². The minimum absolute atomic E-state index is 0.675. The summed E-state index contributed by atoms with van der Waals surface area (Å²) < 4.78 is 1.96. The molecule has 1 aromatic rings. The van der Waals surface area contributed by atoms with E-state index < -0.39 is 0 Å². The minimum Gasteiger partial charge on any atom is -0.321 e. The first-order valence-corrected chi connectivity index (χ1v) is 5.96. The van der Waals surface area contributed by atoms with Gasteiger partial charge in [-0.15, -0.1) is 0 Å². The summed E-state index contributed by atoms with van der Waals surface area (Å²) in [6, 6.07) is 0.675. The Bertz CT molecular complexity index is 335. The van der Waals surface area contributed by atoms with Crippen molar-refractivity contribution >= 4 is 11.6 Å². The summed E-state index contributed by atoms with van der Waals surface area (Å²) in [5, 5.41) is 0.717. The van der Waals surface area contributed by atoms with Crippen LogP contribution in [0.3, 0.4) is 0 Å². The topological polar surface area (TPSA) is 21.1 Å². The first-order chi connectivity index (χ1) is 7.18. The Kier molecular flexibility index (Phi) is 3.32. The maximum atomic E-state index is 5.97. The van der Waals surface area contributed by atoms with Gasteiger partial charge in [-0.2, -0.15) is 0 Å². The summed E-state index contributed by atoms with van der Waals surface area (Å²) in [7, 11) is 1.97. The number of piperidine rings is 1. The maximum absolute atomic E-state index is 5.97. The average molecular weight is 228 g/mol. The number of hydrogen-bond acceptors (Lipinski definition) is 2. The lowest BCUT2D eigenvalue weighted by Gasteiger charge is -2.32. The number of rotatable bonds is 2. The van der Waals surface area contributed by atoms with Gasteiger partial charge in [0, 0.05) is 13.1 Å². The van der Waals surface area contributed by atoms with Crippen LogP contribution >= 0.6 is 11.6 Å². The van der Waals surface area contributed by atoms with Crippen LogP contribution < -0.4 is 0 Å². The van der Waals surface area contributed by atoms with Gasteiger partial charge in [-0.05, 0) is 26.3 Å². The van der Waals surface area contributed by atoms with E-state index in [2.05, 4.69) is 16.8 Å². The Morgan fingerprint density at radius 3 is 2.93 bits per heavy atom. The number of nitrogens with zero attached hydrogens (tertiary/aromatic N) is 3. The second kappa shape index (κ2) is 4.54. The molecule has 2 rings (SSSR count). The van der Waals surface area contributed by atoms with E-state index in [-0.39, 0.29) is 0 Å². The Labute approximate surface area is 96.0 Å². The molecule has 0 N–H and O–H groups in total. The molecule has 0 aliphatic carbocycles. The number of hydrogen-bond donors (Lipinski definition) is 0. The van der Waals surface area contributed by atoms with Crippen LogP contribution in [0.15, 0.2) is 6.20 Å². The van der Waals surface area contributed by atoms with E-state index in [1.54, 1.807) is 6.20 Å². The van der Waals surface area contributed by atoms with Crippen LogP contribution in [0.2, 0.25) is 5.15 Å². The van der Waals surface area contributed by atoms with Crippen molar-refractivity contribution in [1.82, 2.24) is 14.5 Å². The molecule has 0 radical (unpaired) electrons.